The summed E-state index contributed by atoms with van der Waals surface area (Å²) >= 11 is 16.0. The van der Waals surface area contributed by atoms with E-state index in [4.69, 9.17) is 39.3 Å². The molecule has 0 fully saturated rings. The van der Waals surface area contributed by atoms with E-state index >= 15 is 0 Å². The topological polar surface area (TPSA) is 26.3 Å². The van der Waals surface area contributed by atoms with Gasteiger partial charge in [0.2, 0.25) is 7.37 Å². The second-order valence-corrected chi connectivity index (χ2v) is 7.42. The Morgan fingerprint density at radius 1 is 1.50 bits per heavy atom. The maximum atomic E-state index is 11.2. The number of hydrogen-bond donors (Lipinski definition) is 0. The summed E-state index contributed by atoms with van der Waals surface area (Å²) in [4.78, 5) is 0. The summed E-state index contributed by atoms with van der Waals surface area (Å²) < 4.78 is 14.2. The van der Waals surface area contributed by atoms with Gasteiger partial charge < -0.3 is 4.52 Å². The van der Waals surface area contributed by atoms with Crippen molar-refractivity contribution in [3.63, 3.8) is 0 Å². The van der Waals surface area contributed by atoms with Crippen LogP contribution in [0.3, 0.4) is 0 Å². The van der Waals surface area contributed by atoms with Gasteiger partial charge in [-0.2, -0.15) is 0 Å². The normalized spacial score (nSPS) is 18.5. The molecule has 2 nitrogen and oxygen atoms in total. The van der Waals surface area contributed by atoms with Gasteiger partial charge in [-0.05, 0) is 6.92 Å². The van der Waals surface area contributed by atoms with E-state index in [1.807, 2.05) is 0 Å². The molecule has 10 heavy (non-hydrogen) atoms. The molecule has 0 aromatic carbocycles. The molecule has 0 aromatic rings. The molecule has 0 aliphatic heterocycles. The fourth-order valence-electron chi connectivity index (χ4n) is 0.320. The van der Waals surface area contributed by atoms with Crippen molar-refractivity contribution in [2.45, 2.75) is 10.5 Å². The molecule has 0 saturated carbocycles. The smallest absolute Gasteiger partial charge is 0.266 e. The molecule has 0 radical (unpaired) electrons. The van der Waals surface area contributed by atoms with Crippen molar-refractivity contribution in [1.29, 1.82) is 0 Å². The van der Waals surface area contributed by atoms with Gasteiger partial charge >= 0.3 is 0 Å². The van der Waals surface area contributed by atoms with Gasteiger partial charge in [0, 0.05) is 6.66 Å². The monoisotopic (exact) mass is 224 g/mol. The molecule has 62 valence electrons. The molecule has 0 aromatic heterocycles. The molecule has 0 aliphatic rings. The minimum absolute atomic E-state index is 0.279. The summed E-state index contributed by atoms with van der Waals surface area (Å²) in [6.07, 6.45) is 0. The molecule has 0 saturated heterocycles. The van der Waals surface area contributed by atoms with E-state index < -0.39 is 10.9 Å². The number of alkyl halides is 3. The van der Waals surface area contributed by atoms with Crippen LogP contribution in [0, 0.1) is 0 Å². The first-order chi connectivity index (χ1) is 4.31. The van der Waals surface area contributed by atoms with E-state index in [0.29, 0.717) is 0 Å². The van der Waals surface area contributed by atoms with Crippen LogP contribution in [-0.2, 0) is 9.09 Å². The number of hydrogen-bond acceptors (Lipinski definition) is 2. The van der Waals surface area contributed by atoms with Gasteiger partial charge in [-0.1, -0.05) is 34.8 Å². The SMILES string of the molecule is CCOP(C)(=O)C(Cl)(Cl)Cl. The van der Waals surface area contributed by atoms with E-state index in [0.717, 1.165) is 0 Å². The van der Waals surface area contributed by atoms with Crippen molar-refractivity contribution in [3.05, 3.63) is 0 Å². The van der Waals surface area contributed by atoms with Crippen LogP contribution in [0.4, 0.5) is 0 Å². The minimum atomic E-state index is -3.08. The van der Waals surface area contributed by atoms with Crippen molar-refractivity contribution < 1.29 is 9.09 Å². The third-order valence-electron chi connectivity index (χ3n) is 0.836. The average molecular weight is 225 g/mol. The summed E-state index contributed by atoms with van der Waals surface area (Å²) in [5.41, 5.74) is 0. The van der Waals surface area contributed by atoms with Crippen LogP contribution < -0.4 is 0 Å². The van der Waals surface area contributed by atoms with Crippen LogP contribution in [0.15, 0.2) is 0 Å². The number of halogens is 3. The van der Waals surface area contributed by atoms with E-state index in [2.05, 4.69) is 0 Å². The largest absolute Gasteiger partial charge is 0.326 e. The summed E-state index contributed by atoms with van der Waals surface area (Å²) in [7, 11) is -3.08. The summed E-state index contributed by atoms with van der Waals surface area (Å²) in [5.74, 6) is 0. The van der Waals surface area contributed by atoms with E-state index in [9.17, 15) is 4.57 Å². The standard InChI is InChI=1S/C4H8Cl3O2P/c1-3-9-10(2,8)4(5,6)7/h3H2,1-2H3. The van der Waals surface area contributed by atoms with Gasteiger partial charge in [-0.25, -0.2) is 0 Å². The highest BCUT2D eigenvalue weighted by atomic mass is 35.6. The highest BCUT2D eigenvalue weighted by Crippen LogP contribution is 2.63. The molecule has 0 amide bonds. The Bertz CT molecular complexity index is 153. The Kier molecular flexibility index (Phi) is 4.03. The van der Waals surface area contributed by atoms with Crippen molar-refractivity contribution >= 4 is 42.2 Å². The van der Waals surface area contributed by atoms with Crippen LogP contribution in [0.1, 0.15) is 6.92 Å². The molecule has 1 unspecified atom stereocenters. The zero-order chi connectivity index (χ0) is 8.41. The Morgan fingerprint density at radius 3 is 2.00 bits per heavy atom. The molecule has 0 rings (SSSR count). The average Bonchev–Trinajstić information content (AvgIpc) is 1.61. The van der Waals surface area contributed by atoms with Gasteiger partial charge in [0.25, 0.3) is 3.53 Å². The summed E-state index contributed by atoms with van der Waals surface area (Å²) in [6.45, 7) is 3.26. The Hall–Kier alpha value is 1.06. The lowest BCUT2D eigenvalue weighted by atomic mass is 10.9. The maximum absolute atomic E-state index is 11.2. The zero-order valence-corrected chi connectivity index (χ0v) is 8.77. The second-order valence-electron chi connectivity index (χ2n) is 1.73. The molecule has 0 aliphatic carbocycles. The fraction of sp³-hybridized carbons (Fsp3) is 1.00. The van der Waals surface area contributed by atoms with Crippen molar-refractivity contribution in [2.24, 2.45) is 0 Å². The lowest BCUT2D eigenvalue weighted by molar-refractivity contribution is 0.337. The van der Waals surface area contributed by atoms with E-state index in [1.165, 1.54) is 6.66 Å². The first kappa shape index (κ1) is 11.1. The second kappa shape index (κ2) is 3.64. The summed E-state index contributed by atoms with van der Waals surface area (Å²) in [5, 5.41) is 0. The molecular formula is C4H8Cl3O2P. The third-order valence-corrected chi connectivity index (χ3v) is 5.27. The van der Waals surface area contributed by atoms with Crippen LogP contribution in [0.5, 0.6) is 0 Å². The van der Waals surface area contributed by atoms with Crippen molar-refractivity contribution in [1.82, 2.24) is 0 Å². The highest BCUT2D eigenvalue weighted by Gasteiger charge is 2.40. The fourth-order valence-corrected chi connectivity index (χ4v) is 1.40. The molecule has 0 N–H and O–H groups in total. The maximum Gasteiger partial charge on any atom is 0.266 e. The highest BCUT2D eigenvalue weighted by molar-refractivity contribution is 7.66. The summed E-state index contributed by atoms with van der Waals surface area (Å²) in [6, 6.07) is 0. The Balaban J connectivity index is 4.26. The van der Waals surface area contributed by atoms with Crippen LogP contribution in [-0.4, -0.2) is 16.8 Å². The minimum Gasteiger partial charge on any atom is -0.326 e. The molecule has 1 atom stereocenters. The molecule has 0 bridgehead atoms. The Labute approximate surface area is 75.2 Å². The van der Waals surface area contributed by atoms with Gasteiger partial charge in [0.1, 0.15) is 0 Å². The lowest BCUT2D eigenvalue weighted by Crippen LogP contribution is -2.05. The predicted octanol–water partition coefficient (Wildman–Crippen LogP) is 3.26. The van der Waals surface area contributed by atoms with Gasteiger partial charge in [0.05, 0.1) is 6.61 Å². The predicted molar refractivity (Wildman–Crippen MR) is 45.4 cm³/mol. The van der Waals surface area contributed by atoms with Crippen LogP contribution in [0.2, 0.25) is 0 Å². The molecular weight excluding hydrogens is 217 g/mol. The van der Waals surface area contributed by atoms with E-state index in [1.54, 1.807) is 6.92 Å². The molecule has 0 heterocycles. The van der Waals surface area contributed by atoms with Gasteiger partial charge in [0.15, 0.2) is 0 Å². The van der Waals surface area contributed by atoms with Crippen molar-refractivity contribution in [3.8, 4) is 0 Å². The quantitative estimate of drug-likeness (QED) is 0.532. The molecule has 6 heteroatoms. The van der Waals surface area contributed by atoms with Crippen molar-refractivity contribution in [2.75, 3.05) is 13.3 Å². The van der Waals surface area contributed by atoms with Crippen LogP contribution >= 0.6 is 42.2 Å². The number of rotatable bonds is 2. The lowest BCUT2D eigenvalue weighted by Gasteiger charge is -2.19. The van der Waals surface area contributed by atoms with E-state index in [-0.39, 0.29) is 6.61 Å². The first-order valence-corrected chi connectivity index (χ1v) is 5.80. The third kappa shape index (κ3) is 2.98. The van der Waals surface area contributed by atoms with Gasteiger partial charge in [-0.15, -0.1) is 0 Å². The Morgan fingerprint density at radius 2 is 1.90 bits per heavy atom. The zero-order valence-electron chi connectivity index (χ0n) is 5.60. The van der Waals surface area contributed by atoms with Crippen LogP contribution in [0.25, 0.3) is 0 Å². The van der Waals surface area contributed by atoms with Gasteiger partial charge in [-0.3, -0.25) is 4.57 Å². The molecule has 0 spiro atoms. The first-order valence-electron chi connectivity index (χ1n) is 2.60.